The van der Waals surface area contributed by atoms with Crippen molar-refractivity contribution in [3.05, 3.63) is 59.1 Å². The first-order chi connectivity index (χ1) is 10.5. The Hall–Kier alpha value is -1.98. The highest BCUT2D eigenvalue weighted by atomic mass is 35.5. The second-order valence-corrected chi connectivity index (χ2v) is 5.64. The minimum Gasteiger partial charge on any atom is -0.481 e. The Labute approximate surface area is 134 Å². The lowest BCUT2D eigenvalue weighted by molar-refractivity contribution is -0.138. The second kappa shape index (κ2) is 7.33. The molecule has 0 unspecified atom stereocenters. The Kier molecular flexibility index (Phi) is 5.46. The van der Waals surface area contributed by atoms with Crippen LogP contribution in [0.25, 0.3) is 0 Å². The van der Waals surface area contributed by atoms with Crippen molar-refractivity contribution in [2.45, 2.75) is 25.3 Å². The van der Waals surface area contributed by atoms with Gasteiger partial charge in [0.25, 0.3) is 0 Å². The smallest absolute Gasteiger partial charge is 0.307 e. The summed E-state index contributed by atoms with van der Waals surface area (Å²) in [6.07, 6.45) is 3.63. The van der Waals surface area contributed by atoms with Gasteiger partial charge >= 0.3 is 5.97 Å². The number of carboxylic acids is 1. The van der Waals surface area contributed by atoms with Gasteiger partial charge in [0, 0.05) is 12.0 Å². The van der Waals surface area contributed by atoms with Crippen LogP contribution in [0.15, 0.2) is 42.7 Å². The third kappa shape index (κ3) is 4.51. The van der Waals surface area contributed by atoms with Crippen molar-refractivity contribution in [2.24, 2.45) is 11.7 Å². The van der Waals surface area contributed by atoms with Crippen molar-refractivity contribution in [1.29, 1.82) is 0 Å². The van der Waals surface area contributed by atoms with E-state index in [9.17, 15) is 4.79 Å². The quantitative estimate of drug-likeness (QED) is 0.907. The van der Waals surface area contributed by atoms with Gasteiger partial charge in [0.2, 0.25) is 0 Å². The predicted molar refractivity (Wildman–Crippen MR) is 84.6 cm³/mol. The van der Waals surface area contributed by atoms with Gasteiger partial charge in [-0.3, -0.25) is 9.78 Å². The maximum Gasteiger partial charge on any atom is 0.307 e. The van der Waals surface area contributed by atoms with Crippen LogP contribution >= 0.6 is 11.6 Å². The minimum absolute atomic E-state index is 0.0299. The minimum atomic E-state index is -0.762. The van der Waals surface area contributed by atoms with E-state index < -0.39 is 5.97 Å². The average Bonchev–Trinajstić information content (AvgIpc) is 3.30. The van der Waals surface area contributed by atoms with Gasteiger partial charge in [-0.05, 0) is 18.9 Å². The number of nitrogens with zero attached hydrogens (tertiary/aromatic N) is 2. The fourth-order valence-electron chi connectivity index (χ4n) is 2.07. The molecule has 5 nitrogen and oxygen atoms in total. The Balaban J connectivity index is 0.000000172. The van der Waals surface area contributed by atoms with Crippen molar-refractivity contribution in [2.75, 3.05) is 0 Å². The standard InChI is InChI=1S/C8H7ClN2O2.C8H11N/c9-7-3-10-6(2-11-7)4-1-5(4)8(12)13;1-7(9)8-5-3-2-4-6-8/h2-5H,1H2,(H,12,13);2-7H,9H2,1H3/t4-,5-;7-/m00/s1. The molecule has 3 atom stereocenters. The van der Waals surface area contributed by atoms with Crippen LogP contribution in [0.2, 0.25) is 5.15 Å². The molecule has 0 saturated heterocycles. The Bertz CT molecular complexity index is 617. The van der Waals surface area contributed by atoms with Crippen molar-refractivity contribution in [1.82, 2.24) is 9.97 Å². The molecule has 116 valence electrons. The zero-order valence-corrected chi connectivity index (χ0v) is 12.9. The van der Waals surface area contributed by atoms with Crippen LogP contribution in [0.1, 0.15) is 36.6 Å². The fourth-order valence-corrected chi connectivity index (χ4v) is 2.16. The van der Waals surface area contributed by atoms with E-state index in [-0.39, 0.29) is 17.9 Å². The van der Waals surface area contributed by atoms with Gasteiger partial charge in [0.05, 0.1) is 24.0 Å². The normalized spacial score (nSPS) is 20.5. The molecule has 22 heavy (non-hydrogen) atoms. The van der Waals surface area contributed by atoms with Gasteiger partial charge in [0.15, 0.2) is 0 Å². The first-order valence-electron chi connectivity index (χ1n) is 6.99. The van der Waals surface area contributed by atoms with Crippen molar-refractivity contribution in [3.8, 4) is 0 Å². The number of aliphatic carboxylic acids is 1. The molecule has 1 heterocycles. The van der Waals surface area contributed by atoms with Crippen LogP contribution in [-0.2, 0) is 4.79 Å². The predicted octanol–water partition coefficient (Wildman–Crippen LogP) is 3.02. The van der Waals surface area contributed by atoms with Crippen LogP contribution in [-0.4, -0.2) is 21.0 Å². The SMILES string of the molecule is C[C@H](N)c1ccccc1.O=C(O)[C@H]1C[C@@H]1c1cnc(Cl)cn1. The average molecular weight is 320 g/mol. The summed E-state index contributed by atoms with van der Waals surface area (Å²) in [5.74, 6) is -1.01. The molecule has 0 aliphatic heterocycles. The molecule has 1 saturated carbocycles. The van der Waals surface area contributed by atoms with E-state index in [1.807, 2.05) is 37.3 Å². The van der Waals surface area contributed by atoms with Gasteiger partial charge in [-0.2, -0.15) is 0 Å². The molecule has 6 heteroatoms. The molecule has 1 fully saturated rings. The van der Waals surface area contributed by atoms with E-state index in [2.05, 4.69) is 9.97 Å². The number of hydrogen-bond acceptors (Lipinski definition) is 4. The highest BCUT2D eigenvalue weighted by Gasteiger charge is 2.45. The van der Waals surface area contributed by atoms with E-state index in [4.69, 9.17) is 22.4 Å². The molecule has 1 aromatic carbocycles. The molecule has 0 amide bonds. The maximum absolute atomic E-state index is 10.5. The van der Waals surface area contributed by atoms with Gasteiger partial charge < -0.3 is 10.8 Å². The van der Waals surface area contributed by atoms with E-state index >= 15 is 0 Å². The third-order valence-electron chi connectivity index (χ3n) is 3.45. The number of benzene rings is 1. The summed E-state index contributed by atoms with van der Waals surface area (Å²) >= 11 is 5.55. The Morgan fingerprint density at radius 1 is 1.32 bits per heavy atom. The van der Waals surface area contributed by atoms with Crippen molar-refractivity contribution >= 4 is 17.6 Å². The lowest BCUT2D eigenvalue weighted by Gasteiger charge is -2.02. The number of carboxylic acid groups (broad SMARTS) is 1. The number of hydrogen-bond donors (Lipinski definition) is 2. The lowest BCUT2D eigenvalue weighted by atomic mass is 10.1. The molecule has 3 rings (SSSR count). The van der Waals surface area contributed by atoms with Crippen molar-refractivity contribution < 1.29 is 9.90 Å². The van der Waals surface area contributed by atoms with Crippen LogP contribution in [0.4, 0.5) is 0 Å². The van der Waals surface area contributed by atoms with Crippen molar-refractivity contribution in [3.63, 3.8) is 0 Å². The second-order valence-electron chi connectivity index (χ2n) is 5.25. The molecule has 0 bridgehead atoms. The van der Waals surface area contributed by atoms with Gasteiger partial charge in [-0.15, -0.1) is 0 Å². The first kappa shape index (κ1) is 16.4. The molecule has 1 aliphatic carbocycles. The maximum atomic E-state index is 10.5. The molecule has 1 aliphatic rings. The van der Waals surface area contributed by atoms with Crippen LogP contribution < -0.4 is 5.73 Å². The van der Waals surface area contributed by atoms with E-state index in [1.54, 1.807) is 0 Å². The highest BCUT2D eigenvalue weighted by Crippen LogP contribution is 2.46. The fraction of sp³-hybridized carbons (Fsp3) is 0.312. The zero-order chi connectivity index (χ0) is 16.1. The summed E-state index contributed by atoms with van der Waals surface area (Å²) in [7, 11) is 0. The zero-order valence-electron chi connectivity index (χ0n) is 12.2. The summed E-state index contributed by atoms with van der Waals surface area (Å²) in [4.78, 5) is 18.4. The van der Waals surface area contributed by atoms with E-state index in [0.717, 1.165) is 5.69 Å². The Morgan fingerprint density at radius 3 is 2.41 bits per heavy atom. The van der Waals surface area contributed by atoms with Gasteiger partial charge in [-0.1, -0.05) is 41.9 Å². The summed E-state index contributed by atoms with van der Waals surface area (Å²) in [5, 5.41) is 9.00. The molecular formula is C16H18ClN3O2. The molecule has 2 aromatic rings. The number of nitrogens with two attached hydrogens (primary N) is 1. The van der Waals surface area contributed by atoms with Crippen LogP contribution in [0.5, 0.6) is 0 Å². The molecule has 1 aromatic heterocycles. The number of halogens is 1. The van der Waals surface area contributed by atoms with Crippen LogP contribution in [0, 0.1) is 5.92 Å². The first-order valence-corrected chi connectivity index (χ1v) is 7.37. The monoisotopic (exact) mass is 319 g/mol. The summed E-state index contributed by atoms with van der Waals surface area (Å²) < 4.78 is 0. The molecular weight excluding hydrogens is 302 g/mol. The summed E-state index contributed by atoms with van der Waals surface area (Å²) in [5.41, 5.74) is 7.53. The lowest BCUT2D eigenvalue weighted by Crippen LogP contribution is -2.03. The largest absolute Gasteiger partial charge is 0.481 e. The molecule has 0 spiro atoms. The molecule has 3 N–H and O–H groups in total. The Morgan fingerprint density at radius 2 is 2.00 bits per heavy atom. The third-order valence-corrected chi connectivity index (χ3v) is 3.65. The number of rotatable bonds is 3. The molecule has 0 radical (unpaired) electrons. The van der Waals surface area contributed by atoms with Gasteiger partial charge in [0.1, 0.15) is 5.15 Å². The van der Waals surface area contributed by atoms with Gasteiger partial charge in [-0.25, -0.2) is 4.98 Å². The highest BCUT2D eigenvalue weighted by molar-refractivity contribution is 6.29. The summed E-state index contributed by atoms with van der Waals surface area (Å²) in [6, 6.07) is 10.2. The number of carbonyl (C=O) groups is 1. The van der Waals surface area contributed by atoms with Crippen LogP contribution in [0.3, 0.4) is 0 Å². The summed E-state index contributed by atoms with van der Waals surface area (Å²) in [6.45, 7) is 1.98. The topological polar surface area (TPSA) is 89.1 Å². The van der Waals surface area contributed by atoms with E-state index in [1.165, 1.54) is 18.0 Å². The number of aromatic nitrogens is 2. The van der Waals surface area contributed by atoms with E-state index in [0.29, 0.717) is 11.6 Å².